The molecule has 0 bridgehead atoms. The predicted molar refractivity (Wildman–Crippen MR) is 269 cm³/mol. The van der Waals surface area contributed by atoms with Gasteiger partial charge < -0.3 is 33.3 Å². The topological polar surface area (TPSA) is 111 Å². The number of carbonyl (C=O) groups excluding carboxylic acids is 3. The molecular weight excluding hydrogens is 815 g/mol. The van der Waals surface area contributed by atoms with Crippen LogP contribution in [0.4, 0.5) is 0 Å². The number of carboxylic acids is 1. The fraction of sp³-hybridized carbons (Fsp3) is 0.804. The average molecular weight is 916 g/mol. The Bertz CT molecular complexity index is 1210. The van der Waals surface area contributed by atoms with Crippen molar-refractivity contribution < 1.29 is 42.9 Å². The molecule has 0 heterocycles. The summed E-state index contributed by atoms with van der Waals surface area (Å²) in [6.07, 6.45) is 54.4. The Morgan fingerprint density at radius 1 is 0.462 bits per heavy atom. The molecule has 0 aromatic heterocycles. The van der Waals surface area contributed by atoms with E-state index in [9.17, 15) is 19.5 Å². The maximum absolute atomic E-state index is 12.8. The highest BCUT2D eigenvalue weighted by molar-refractivity contribution is 5.70. The molecule has 0 aliphatic carbocycles. The molecule has 0 radical (unpaired) electrons. The molecule has 378 valence electrons. The van der Waals surface area contributed by atoms with Crippen molar-refractivity contribution >= 4 is 17.9 Å². The highest BCUT2D eigenvalue weighted by Crippen LogP contribution is 2.16. The maximum atomic E-state index is 12.8. The molecule has 0 aromatic carbocycles. The van der Waals surface area contributed by atoms with Crippen molar-refractivity contribution in [1.29, 1.82) is 0 Å². The van der Waals surface area contributed by atoms with Gasteiger partial charge >= 0.3 is 11.9 Å². The van der Waals surface area contributed by atoms with E-state index >= 15 is 0 Å². The summed E-state index contributed by atoms with van der Waals surface area (Å²) in [5.74, 6) is -2.30. The Balaban J connectivity index is 4.21. The summed E-state index contributed by atoms with van der Waals surface area (Å²) in [7, 11) is 5.91. The Morgan fingerprint density at radius 3 is 1.28 bits per heavy atom. The summed E-state index contributed by atoms with van der Waals surface area (Å²) < 4.78 is 22.6. The van der Waals surface area contributed by atoms with Crippen molar-refractivity contribution in [1.82, 2.24) is 0 Å². The Labute approximate surface area is 400 Å². The van der Waals surface area contributed by atoms with Gasteiger partial charge in [-0.3, -0.25) is 9.59 Å². The molecule has 9 nitrogen and oxygen atoms in total. The number of hydrogen-bond donors (Lipinski definition) is 0. The Morgan fingerprint density at radius 2 is 0.862 bits per heavy atom. The number of allylic oxidation sites excluding steroid dienone is 8. The molecule has 65 heavy (non-hydrogen) atoms. The van der Waals surface area contributed by atoms with E-state index in [0.717, 1.165) is 70.6 Å². The number of rotatable bonds is 49. The smallest absolute Gasteiger partial charge is 0.306 e. The first-order chi connectivity index (χ1) is 31.6. The van der Waals surface area contributed by atoms with Gasteiger partial charge in [-0.1, -0.05) is 197 Å². The number of carboxylic acid groups (broad SMARTS) is 1. The van der Waals surface area contributed by atoms with Gasteiger partial charge in [0.1, 0.15) is 13.2 Å². The van der Waals surface area contributed by atoms with Crippen LogP contribution in [0.3, 0.4) is 0 Å². The summed E-state index contributed by atoms with van der Waals surface area (Å²) in [5.41, 5.74) is 0. The van der Waals surface area contributed by atoms with Crippen LogP contribution < -0.4 is 5.11 Å². The first-order valence-corrected chi connectivity index (χ1v) is 26.8. The van der Waals surface area contributed by atoms with Crippen LogP contribution in [0.2, 0.25) is 0 Å². The van der Waals surface area contributed by atoms with Gasteiger partial charge in [-0.05, 0) is 70.6 Å². The fourth-order valence-corrected chi connectivity index (χ4v) is 7.37. The van der Waals surface area contributed by atoms with Gasteiger partial charge in [0.15, 0.2) is 12.4 Å². The van der Waals surface area contributed by atoms with Gasteiger partial charge in [-0.15, -0.1) is 0 Å². The molecule has 0 amide bonds. The second-order valence-electron chi connectivity index (χ2n) is 19.2. The number of hydrogen-bond acceptors (Lipinski definition) is 8. The van der Waals surface area contributed by atoms with Gasteiger partial charge in [0.25, 0.3) is 0 Å². The summed E-state index contributed by atoms with van der Waals surface area (Å²) in [6.45, 7) is 4.66. The molecule has 0 rings (SSSR count). The zero-order chi connectivity index (χ0) is 47.7. The van der Waals surface area contributed by atoms with E-state index in [4.69, 9.17) is 18.9 Å². The largest absolute Gasteiger partial charge is 0.545 e. The molecule has 0 saturated heterocycles. The summed E-state index contributed by atoms with van der Waals surface area (Å²) >= 11 is 0. The van der Waals surface area contributed by atoms with Gasteiger partial charge in [0, 0.05) is 12.8 Å². The molecular formula is C56H101NO8. The van der Waals surface area contributed by atoms with E-state index in [0.29, 0.717) is 17.4 Å². The Kier molecular flexibility index (Phi) is 45.7. The minimum Gasteiger partial charge on any atom is -0.545 e. The van der Waals surface area contributed by atoms with Crippen LogP contribution in [0.25, 0.3) is 0 Å². The lowest BCUT2D eigenvalue weighted by Crippen LogP contribution is -2.44. The number of aliphatic carboxylic acids is 1. The lowest BCUT2D eigenvalue weighted by molar-refractivity contribution is -0.870. The van der Waals surface area contributed by atoms with Crippen molar-refractivity contribution in [3.05, 3.63) is 48.6 Å². The summed E-state index contributed by atoms with van der Waals surface area (Å²) in [4.78, 5) is 37.1. The van der Waals surface area contributed by atoms with Gasteiger partial charge in [0.2, 0.25) is 0 Å². The van der Waals surface area contributed by atoms with E-state index in [1.54, 1.807) is 0 Å². The molecule has 0 aliphatic heterocycles. The maximum Gasteiger partial charge on any atom is 0.306 e. The highest BCUT2D eigenvalue weighted by Gasteiger charge is 2.22. The van der Waals surface area contributed by atoms with Crippen LogP contribution in [0, 0.1) is 0 Å². The molecule has 0 aromatic rings. The van der Waals surface area contributed by atoms with Gasteiger partial charge in [-0.25, -0.2) is 0 Å². The van der Waals surface area contributed by atoms with E-state index in [1.807, 2.05) is 21.1 Å². The van der Waals surface area contributed by atoms with Crippen LogP contribution in [-0.2, 0) is 33.3 Å². The van der Waals surface area contributed by atoms with Crippen LogP contribution in [0.15, 0.2) is 48.6 Å². The number of unbranched alkanes of at least 4 members (excludes halogenated alkanes) is 26. The monoisotopic (exact) mass is 916 g/mol. The van der Waals surface area contributed by atoms with Crippen LogP contribution in [0.5, 0.6) is 0 Å². The molecule has 0 aliphatic rings. The quantitative estimate of drug-likeness (QED) is 0.0195. The number of ether oxygens (including phenoxy) is 4. The number of carbonyl (C=O) groups is 3. The summed E-state index contributed by atoms with van der Waals surface area (Å²) in [5, 5.41) is 11.7. The molecule has 9 heteroatoms. The first-order valence-electron chi connectivity index (χ1n) is 26.8. The van der Waals surface area contributed by atoms with Crippen molar-refractivity contribution in [3.63, 3.8) is 0 Å². The lowest BCUT2D eigenvalue weighted by atomic mass is 10.0. The SMILES string of the molecule is CCC/C=C\C/C=C\CCCCCCCC(=O)OCC(COC(OCC[N+](C)(C)C)C(=O)[O-])OC(=O)CCCCCCCCCCCCCCCCC/C=C\C/C=C\CCCCCCC. The zero-order valence-electron chi connectivity index (χ0n) is 42.9. The molecule has 2 atom stereocenters. The number of nitrogens with zero attached hydrogens (tertiary/aromatic N) is 1. The third-order valence-corrected chi connectivity index (χ3v) is 11.5. The second-order valence-corrected chi connectivity index (χ2v) is 19.2. The normalized spacial score (nSPS) is 13.2. The fourth-order valence-electron chi connectivity index (χ4n) is 7.37. The van der Waals surface area contributed by atoms with E-state index in [2.05, 4.69) is 62.5 Å². The Hall–Kier alpha value is -2.75. The van der Waals surface area contributed by atoms with E-state index in [-0.39, 0.29) is 38.6 Å². The zero-order valence-corrected chi connectivity index (χ0v) is 42.9. The van der Waals surface area contributed by atoms with Crippen LogP contribution in [-0.4, -0.2) is 82.3 Å². The minimum absolute atomic E-state index is 0.145. The van der Waals surface area contributed by atoms with E-state index in [1.165, 1.54) is 128 Å². The van der Waals surface area contributed by atoms with Crippen molar-refractivity contribution in [3.8, 4) is 0 Å². The number of esters is 2. The standard InChI is InChI=1S/C56H101NO8/c1-6-8-10-12-14-16-18-20-21-22-23-24-25-26-27-28-29-30-31-32-33-35-37-39-41-43-45-47-54(59)65-52(51-64-56(55(60)61)62-49-48-57(3,4)5)50-63-53(58)46-44-42-40-38-36-34-19-17-15-13-11-9-7-2/h11,13,17-20,22-23,52,56H,6-10,12,14-16,21,24-51H2,1-5H3/b13-11-,19-17-,20-18-,23-22-. The van der Waals surface area contributed by atoms with Crippen LogP contribution >= 0.6 is 0 Å². The molecule has 0 spiro atoms. The average Bonchev–Trinajstić information content (AvgIpc) is 3.27. The first kappa shape index (κ1) is 62.2. The number of quaternary nitrogens is 1. The third kappa shape index (κ3) is 49.0. The predicted octanol–water partition coefficient (Wildman–Crippen LogP) is 13.8. The lowest BCUT2D eigenvalue weighted by Gasteiger charge is -2.26. The van der Waals surface area contributed by atoms with Crippen molar-refractivity contribution in [2.45, 2.75) is 245 Å². The summed E-state index contributed by atoms with van der Waals surface area (Å²) in [6, 6.07) is 0. The van der Waals surface area contributed by atoms with Crippen LogP contribution in [0.1, 0.15) is 232 Å². The highest BCUT2D eigenvalue weighted by atomic mass is 16.7. The number of likely N-dealkylation sites (N-methyl/N-ethyl adjacent to an activating group) is 1. The van der Waals surface area contributed by atoms with Crippen molar-refractivity contribution in [2.24, 2.45) is 0 Å². The van der Waals surface area contributed by atoms with Gasteiger partial charge in [-0.2, -0.15) is 0 Å². The molecule has 0 saturated carbocycles. The van der Waals surface area contributed by atoms with Crippen molar-refractivity contribution in [2.75, 3.05) is 47.5 Å². The third-order valence-electron chi connectivity index (χ3n) is 11.5. The second kappa shape index (κ2) is 47.7. The van der Waals surface area contributed by atoms with E-state index < -0.39 is 24.3 Å². The molecule has 2 unspecified atom stereocenters. The molecule has 0 N–H and O–H groups in total. The minimum atomic E-state index is -1.62. The van der Waals surface area contributed by atoms with Gasteiger partial charge in [0.05, 0.1) is 40.3 Å². The molecule has 0 fully saturated rings.